The quantitative estimate of drug-likeness (QED) is 0.904. The summed E-state index contributed by atoms with van der Waals surface area (Å²) in [6.07, 6.45) is 5.73. The molecule has 3 rings (SSSR count). The fourth-order valence-electron chi connectivity index (χ4n) is 2.91. The molecule has 0 unspecified atom stereocenters. The van der Waals surface area contributed by atoms with Crippen LogP contribution in [0.4, 0.5) is 6.01 Å². The van der Waals surface area contributed by atoms with Crippen LogP contribution in [0.5, 0.6) is 11.5 Å². The number of nitrogens with one attached hydrogen (secondary N) is 1. The maximum Gasteiger partial charge on any atom is 0.322 e. The molecule has 1 N–H and O–H groups in total. The number of nitrogens with zero attached hydrogens (tertiary/aromatic N) is 2. The van der Waals surface area contributed by atoms with Gasteiger partial charge in [-0.25, -0.2) is 0 Å². The molecular weight excluding hydrogens is 310 g/mol. The number of methoxy groups -OCH3 is 2. The first-order valence-electron chi connectivity index (χ1n) is 8.07. The fourth-order valence-corrected chi connectivity index (χ4v) is 2.91. The van der Waals surface area contributed by atoms with Crippen LogP contribution >= 0.6 is 0 Å². The maximum atomic E-state index is 12.4. The van der Waals surface area contributed by atoms with Crippen LogP contribution in [0, 0.1) is 0 Å². The van der Waals surface area contributed by atoms with Gasteiger partial charge in [0.25, 0.3) is 5.91 Å². The van der Waals surface area contributed by atoms with E-state index in [4.69, 9.17) is 13.9 Å². The molecule has 0 aliphatic heterocycles. The molecule has 128 valence electrons. The first-order valence-corrected chi connectivity index (χ1v) is 8.07. The molecule has 7 nitrogen and oxygen atoms in total. The number of aromatic nitrogens is 2. The summed E-state index contributed by atoms with van der Waals surface area (Å²) in [5.41, 5.74) is 0.392. The lowest BCUT2D eigenvalue weighted by Gasteiger charge is -2.17. The van der Waals surface area contributed by atoms with Crippen LogP contribution in [0.2, 0.25) is 0 Å². The van der Waals surface area contributed by atoms with Crippen molar-refractivity contribution in [2.75, 3.05) is 19.5 Å². The van der Waals surface area contributed by atoms with Gasteiger partial charge < -0.3 is 13.9 Å². The van der Waals surface area contributed by atoms with Crippen molar-refractivity contribution in [3.05, 3.63) is 29.7 Å². The van der Waals surface area contributed by atoms with Crippen LogP contribution in [0.3, 0.4) is 0 Å². The molecule has 0 saturated heterocycles. The Morgan fingerprint density at radius 3 is 2.38 bits per heavy atom. The molecular formula is C17H21N3O4. The first kappa shape index (κ1) is 16.3. The minimum atomic E-state index is -0.356. The minimum absolute atomic E-state index is 0.113. The van der Waals surface area contributed by atoms with Gasteiger partial charge in [-0.15, -0.1) is 5.10 Å². The van der Waals surface area contributed by atoms with Crippen molar-refractivity contribution >= 4 is 11.9 Å². The van der Waals surface area contributed by atoms with E-state index in [1.165, 1.54) is 33.5 Å². The summed E-state index contributed by atoms with van der Waals surface area (Å²) in [5, 5.41) is 10.6. The van der Waals surface area contributed by atoms with Crippen molar-refractivity contribution in [2.24, 2.45) is 0 Å². The Labute approximate surface area is 140 Å². The molecule has 1 aliphatic carbocycles. The number of benzene rings is 1. The number of carbonyl (C=O) groups excluding carboxylic acids is 1. The zero-order chi connectivity index (χ0) is 16.9. The normalized spacial score (nSPS) is 15.1. The van der Waals surface area contributed by atoms with Crippen LogP contribution in [-0.2, 0) is 0 Å². The smallest absolute Gasteiger partial charge is 0.322 e. The minimum Gasteiger partial charge on any atom is -0.497 e. The summed E-state index contributed by atoms with van der Waals surface area (Å²) < 4.78 is 16.0. The molecule has 0 spiro atoms. The average Bonchev–Trinajstić information content (AvgIpc) is 3.10. The highest BCUT2D eigenvalue weighted by molar-refractivity contribution is 6.03. The summed E-state index contributed by atoms with van der Waals surface area (Å²) >= 11 is 0. The van der Waals surface area contributed by atoms with Gasteiger partial charge in [-0.2, -0.15) is 0 Å². The van der Waals surface area contributed by atoms with E-state index in [1.54, 1.807) is 18.2 Å². The topological polar surface area (TPSA) is 86.5 Å². The summed E-state index contributed by atoms with van der Waals surface area (Å²) in [5.74, 6) is 1.62. The Kier molecular flexibility index (Phi) is 4.98. The lowest BCUT2D eigenvalue weighted by atomic mass is 9.89. The lowest BCUT2D eigenvalue weighted by molar-refractivity contribution is 0.102. The number of ether oxygens (including phenoxy) is 2. The molecule has 1 aliphatic rings. The van der Waals surface area contributed by atoms with Gasteiger partial charge in [0, 0.05) is 17.5 Å². The van der Waals surface area contributed by atoms with Gasteiger partial charge in [0.2, 0.25) is 5.89 Å². The van der Waals surface area contributed by atoms with Crippen LogP contribution in [0.15, 0.2) is 22.6 Å². The Morgan fingerprint density at radius 1 is 1.08 bits per heavy atom. The van der Waals surface area contributed by atoms with Crippen molar-refractivity contribution in [2.45, 2.75) is 38.0 Å². The predicted molar refractivity (Wildman–Crippen MR) is 87.6 cm³/mol. The van der Waals surface area contributed by atoms with Crippen LogP contribution in [0.25, 0.3) is 0 Å². The summed E-state index contributed by atoms with van der Waals surface area (Å²) in [6, 6.07) is 5.05. The number of hydrogen-bond donors (Lipinski definition) is 1. The highest BCUT2D eigenvalue weighted by Gasteiger charge is 2.22. The molecule has 1 aromatic carbocycles. The van der Waals surface area contributed by atoms with Crippen LogP contribution < -0.4 is 14.8 Å². The van der Waals surface area contributed by atoms with E-state index < -0.39 is 0 Å². The van der Waals surface area contributed by atoms with Gasteiger partial charge in [0.1, 0.15) is 11.5 Å². The molecule has 1 fully saturated rings. The molecule has 7 heteroatoms. The molecule has 0 radical (unpaired) electrons. The van der Waals surface area contributed by atoms with E-state index >= 15 is 0 Å². The third-order valence-corrected chi connectivity index (χ3v) is 4.23. The molecule has 1 amide bonds. The summed E-state index contributed by atoms with van der Waals surface area (Å²) in [4.78, 5) is 12.4. The Hall–Kier alpha value is -2.57. The SMILES string of the molecule is COc1cc(OC)cc(C(=O)Nc2nnc(C3CCCCC3)o2)c1. The van der Waals surface area contributed by atoms with Gasteiger partial charge in [0.15, 0.2) is 0 Å². The second-order valence-electron chi connectivity index (χ2n) is 5.84. The summed E-state index contributed by atoms with van der Waals surface area (Å²) in [6.45, 7) is 0. The zero-order valence-electron chi connectivity index (χ0n) is 13.9. The molecule has 24 heavy (non-hydrogen) atoms. The maximum absolute atomic E-state index is 12.4. The summed E-state index contributed by atoms with van der Waals surface area (Å²) in [7, 11) is 3.07. The standard InChI is InChI=1S/C17H21N3O4/c1-22-13-8-12(9-14(10-13)23-2)15(21)18-17-20-19-16(24-17)11-6-4-3-5-7-11/h8-11H,3-7H2,1-2H3,(H,18,20,21). The largest absolute Gasteiger partial charge is 0.497 e. The van der Waals surface area contributed by atoms with Crippen molar-refractivity contribution in [3.63, 3.8) is 0 Å². The van der Waals surface area contributed by atoms with E-state index in [0.717, 1.165) is 12.8 Å². The first-order chi connectivity index (χ1) is 11.7. The Morgan fingerprint density at radius 2 is 1.75 bits per heavy atom. The van der Waals surface area contributed by atoms with Gasteiger partial charge in [-0.05, 0) is 25.0 Å². The molecule has 1 heterocycles. The number of anilines is 1. The fraction of sp³-hybridized carbons (Fsp3) is 0.471. The van der Waals surface area contributed by atoms with E-state index in [-0.39, 0.29) is 11.9 Å². The highest BCUT2D eigenvalue weighted by atomic mass is 16.5. The van der Waals surface area contributed by atoms with Crippen molar-refractivity contribution in [1.29, 1.82) is 0 Å². The van der Waals surface area contributed by atoms with Crippen molar-refractivity contribution in [3.8, 4) is 11.5 Å². The van der Waals surface area contributed by atoms with Gasteiger partial charge in [-0.3, -0.25) is 10.1 Å². The third-order valence-electron chi connectivity index (χ3n) is 4.23. The number of hydrogen-bond acceptors (Lipinski definition) is 6. The van der Waals surface area contributed by atoms with Crippen molar-refractivity contribution in [1.82, 2.24) is 10.2 Å². The van der Waals surface area contributed by atoms with Gasteiger partial charge in [-0.1, -0.05) is 24.4 Å². The predicted octanol–water partition coefficient (Wildman–Crippen LogP) is 3.39. The molecule has 1 saturated carbocycles. The van der Waals surface area contributed by atoms with E-state index in [2.05, 4.69) is 15.5 Å². The number of amides is 1. The van der Waals surface area contributed by atoms with E-state index in [0.29, 0.717) is 28.9 Å². The molecule has 2 aromatic rings. The lowest BCUT2D eigenvalue weighted by Crippen LogP contribution is -2.12. The van der Waals surface area contributed by atoms with Crippen molar-refractivity contribution < 1.29 is 18.7 Å². The Balaban J connectivity index is 1.71. The molecule has 0 atom stereocenters. The van der Waals surface area contributed by atoms with E-state index in [9.17, 15) is 4.79 Å². The van der Waals surface area contributed by atoms with E-state index in [1.807, 2.05) is 0 Å². The van der Waals surface area contributed by atoms with Gasteiger partial charge >= 0.3 is 6.01 Å². The van der Waals surface area contributed by atoms with Crippen LogP contribution in [-0.4, -0.2) is 30.3 Å². The van der Waals surface area contributed by atoms with Gasteiger partial charge in [0.05, 0.1) is 14.2 Å². The Bertz CT molecular complexity index is 685. The molecule has 0 bridgehead atoms. The number of rotatable bonds is 5. The van der Waals surface area contributed by atoms with Crippen LogP contribution in [0.1, 0.15) is 54.3 Å². The average molecular weight is 331 g/mol. The molecule has 1 aromatic heterocycles. The number of carbonyl (C=O) groups is 1. The second kappa shape index (κ2) is 7.33. The monoisotopic (exact) mass is 331 g/mol. The highest BCUT2D eigenvalue weighted by Crippen LogP contribution is 2.32. The zero-order valence-corrected chi connectivity index (χ0v) is 13.9. The third kappa shape index (κ3) is 3.67. The second-order valence-corrected chi connectivity index (χ2v) is 5.84.